The van der Waals surface area contributed by atoms with Crippen molar-refractivity contribution in [1.29, 1.82) is 0 Å². The van der Waals surface area contributed by atoms with Gasteiger partial charge in [-0.25, -0.2) is 8.42 Å². The van der Waals surface area contributed by atoms with Crippen LogP contribution in [0.5, 0.6) is 5.75 Å². The molecule has 2 aromatic rings. The monoisotopic (exact) mass is 448 g/mol. The maximum atomic E-state index is 13.0. The van der Waals surface area contributed by atoms with Gasteiger partial charge in [-0.05, 0) is 48.2 Å². The van der Waals surface area contributed by atoms with Crippen molar-refractivity contribution in [3.63, 3.8) is 0 Å². The van der Waals surface area contributed by atoms with E-state index in [4.69, 9.17) is 9.47 Å². The molecule has 2 aromatic carbocycles. The van der Waals surface area contributed by atoms with E-state index in [1.165, 1.54) is 23.6 Å². The summed E-state index contributed by atoms with van der Waals surface area (Å²) in [6.45, 7) is 1.31. The Bertz CT molecular complexity index is 1030. The molecule has 0 atom stereocenters. The Morgan fingerprint density at radius 1 is 1.20 bits per heavy atom. The van der Waals surface area contributed by atoms with Crippen LogP contribution in [0.4, 0.5) is 5.69 Å². The second-order valence-corrected chi connectivity index (χ2v) is 9.27. The van der Waals surface area contributed by atoms with Gasteiger partial charge < -0.3 is 14.8 Å². The number of methoxy groups -OCH3 is 1. The summed E-state index contributed by atoms with van der Waals surface area (Å²) in [5.74, 6) is -0.0429. The number of nitrogens with one attached hydrogen (secondary N) is 1. The summed E-state index contributed by atoms with van der Waals surface area (Å²) in [5, 5.41) is 2.80. The molecule has 0 aliphatic carbocycles. The Morgan fingerprint density at radius 2 is 1.97 bits per heavy atom. The average Bonchev–Trinajstić information content (AvgIpc) is 2.78. The summed E-state index contributed by atoms with van der Waals surface area (Å²) < 4.78 is 38.0. The van der Waals surface area contributed by atoms with Gasteiger partial charge in [0.2, 0.25) is 15.9 Å². The van der Waals surface area contributed by atoms with Gasteiger partial charge in [0.15, 0.2) is 0 Å². The van der Waals surface area contributed by atoms with Crippen molar-refractivity contribution < 1.29 is 22.7 Å². The second-order valence-electron chi connectivity index (χ2n) is 6.48. The van der Waals surface area contributed by atoms with Gasteiger partial charge in [0.1, 0.15) is 10.6 Å². The zero-order valence-electron chi connectivity index (χ0n) is 16.8. The molecule has 1 amide bonds. The molecule has 0 radical (unpaired) electrons. The van der Waals surface area contributed by atoms with Gasteiger partial charge in [0, 0.05) is 29.7 Å². The van der Waals surface area contributed by atoms with Crippen LogP contribution in [0.2, 0.25) is 0 Å². The number of benzene rings is 2. The number of sulfonamides is 1. The molecule has 1 N–H and O–H groups in total. The fourth-order valence-corrected chi connectivity index (χ4v) is 5.04. The lowest BCUT2D eigenvalue weighted by atomic mass is 10.2. The number of carbonyl (C=O) groups excluding carboxylic acids is 1. The molecule has 0 saturated carbocycles. The van der Waals surface area contributed by atoms with E-state index in [1.54, 1.807) is 30.0 Å². The molecule has 1 heterocycles. The fourth-order valence-electron chi connectivity index (χ4n) is 2.98. The van der Waals surface area contributed by atoms with Crippen molar-refractivity contribution in [3.05, 3.63) is 54.1 Å². The summed E-state index contributed by atoms with van der Waals surface area (Å²) in [4.78, 5) is 13.4. The Morgan fingerprint density at radius 3 is 2.67 bits per heavy atom. The van der Waals surface area contributed by atoms with Crippen molar-refractivity contribution in [2.45, 2.75) is 9.79 Å². The minimum atomic E-state index is -3.73. The first-order valence-electron chi connectivity index (χ1n) is 9.33. The lowest BCUT2D eigenvalue weighted by Crippen LogP contribution is -2.40. The van der Waals surface area contributed by atoms with E-state index >= 15 is 0 Å². The molecule has 30 heavy (non-hydrogen) atoms. The number of thioether (sulfide) groups is 1. The van der Waals surface area contributed by atoms with Crippen LogP contribution in [0.3, 0.4) is 0 Å². The molecular weight excluding hydrogens is 424 g/mol. The third kappa shape index (κ3) is 5.42. The first kappa shape index (κ1) is 22.4. The zero-order chi connectivity index (χ0) is 21.6. The maximum Gasteiger partial charge on any atom is 0.248 e. The largest absolute Gasteiger partial charge is 0.495 e. The fraction of sp³-hybridized carbons (Fsp3) is 0.286. The van der Waals surface area contributed by atoms with Crippen molar-refractivity contribution in [1.82, 2.24) is 4.31 Å². The Kier molecular flexibility index (Phi) is 7.54. The number of carbonyl (C=O) groups is 1. The highest BCUT2D eigenvalue weighted by Gasteiger charge is 2.29. The predicted octanol–water partition coefficient (Wildman–Crippen LogP) is 3.09. The highest BCUT2D eigenvalue weighted by Crippen LogP contribution is 2.29. The van der Waals surface area contributed by atoms with E-state index in [2.05, 4.69) is 5.32 Å². The molecule has 0 unspecified atom stereocenters. The van der Waals surface area contributed by atoms with Gasteiger partial charge in [0.05, 0.1) is 20.3 Å². The summed E-state index contributed by atoms with van der Waals surface area (Å²) in [6, 6.07) is 12.3. The van der Waals surface area contributed by atoms with Crippen LogP contribution >= 0.6 is 11.8 Å². The molecule has 1 saturated heterocycles. The van der Waals surface area contributed by atoms with Crippen molar-refractivity contribution in [2.75, 3.05) is 45.0 Å². The molecule has 0 bridgehead atoms. The van der Waals surface area contributed by atoms with Crippen LogP contribution < -0.4 is 10.1 Å². The third-order valence-corrected chi connectivity index (χ3v) is 7.19. The molecule has 0 spiro atoms. The summed E-state index contributed by atoms with van der Waals surface area (Å²) in [6.07, 6.45) is 4.91. The van der Waals surface area contributed by atoms with Crippen molar-refractivity contribution >= 4 is 39.5 Å². The average molecular weight is 449 g/mol. The van der Waals surface area contributed by atoms with E-state index < -0.39 is 10.0 Å². The number of nitrogens with zero attached hydrogens (tertiary/aromatic N) is 1. The smallest absolute Gasteiger partial charge is 0.248 e. The molecule has 1 fully saturated rings. The SMILES string of the molecule is COc1ccc(C=CC(=O)Nc2cccc(SC)c2)cc1S(=O)(=O)N1CCOCC1. The number of rotatable bonds is 7. The Hall–Kier alpha value is -2.33. The van der Waals surface area contributed by atoms with Crippen LogP contribution in [0.25, 0.3) is 6.08 Å². The first-order chi connectivity index (χ1) is 14.4. The topological polar surface area (TPSA) is 84.9 Å². The highest BCUT2D eigenvalue weighted by molar-refractivity contribution is 7.98. The van der Waals surface area contributed by atoms with Gasteiger partial charge in [0.25, 0.3) is 0 Å². The number of amides is 1. The van der Waals surface area contributed by atoms with Crippen molar-refractivity contribution in [3.8, 4) is 5.75 Å². The molecule has 9 heteroatoms. The molecular formula is C21H24N2O5S2. The van der Waals surface area contributed by atoms with Crippen LogP contribution in [0, 0.1) is 0 Å². The minimum absolute atomic E-state index is 0.0714. The number of morpholine rings is 1. The van der Waals surface area contributed by atoms with Crippen molar-refractivity contribution in [2.24, 2.45) is 0 Å². The molecule has 1 aliphatic heterocycles. The van der Waals surface area contributed by atoms with Crippen LogP contribution in [0.15, 0.2) is 58.3 Å². The number of hydrogen-bond acceptors (Lipinski definition) is 6. The zero-order valence-corrected chi connectivity index (χ0v) is 18.5. The normalized spacial score (nSPS) is 15.3. The summed E-state index contributed by atoms with van der Waals surface area (Å²) in [5.41, 5.74) is 1.28. The van der Waals surface area contributed by atoms with E-state index in [9.17, 15) is 13.2 Å². The predicted molar refractivity (Wildman–Crippen MR) is 118 cm³/mol. The highest BCUT2D eigenvalue weighted by atomic mass is 32.2. The molecule has 1 aliphatic rings. The molecule has 160 valence electrons. The van der Waals surface area contributed by atoms with E-state index in [0.29, 0.717) is 37.6 Å². The van der Waals surface area contributed by atoms with Crippen LogP contribution in [0.1, 0.15) is 5.56 Å². The van der Waals surface area contributed by atoms with Gasteiger partial charge in [-0.2, -0.15) is 4.31 Å². The standard InChI is InChI=1S/C21H24N2O5S2/c1-27-19-8-6-16(14-20(19)30(25,26)23-10-12-28-13-11-23)7-9-21(24)22-17-4-3-5-18(15-17)29-2/h3-9,14-15H,10-13H2,1-2H3,(H,22,24). The number of anilines is 1. The third-order valence-electron chi connectivity index (χ3n) is 4.54. The number of ether oxygens (including phenoxy) is 2. The van der Waals surface area contributed by atoms with Gasteiger partial charge in [-0.3, -0.25) is 4.79 Å². The van der Waals surface area contributed by atoms with E-state index in [0.717, 1.165) is 4.90 Å². The number of hydrogen-bond donors (Lipinski definition) is 1. The molecule has 3 rings (SSSR count). The minimum Gasteiger partial charge on any atom is -0.495 e. The lowest BCUT2D eigenvalue weighted by molar-refractivity contribution is -0.111. The maximum absolute atomic E-state index is 13.0. The Balaban J connectivity index is 1.79. The second kappa shape index (κ2) is 10.1. The summed E-state index contributed by atoms with van der Waals surface area (Å²) in [7, 11) is -2.30. The van der Waals surface area contributed by atoms with E-state index in [-0.39, 0.29) is 16.6 Å². The Labute approximate surface area is 181 Å². The van der Waals surface area contributed by atoms with Crippen LogP contribution in [-0.2, 0) is 19.6 Å². The van der Waals surface area contributed by atoms with Gasteiger partial charge in [-0.1, -0.05) is 12.1 Å². The quantitative estimate of drug-likeness (QED) is 0.518. The lowest BCUT2D eigenvalue weighted by Gasteiger charge is -2.26. The van der Waals surface area contributed by atoms with Gasteiger partial charge in [-0.15, -0.1) is 11.8 Å². The van der Waals surface area contributed by atoms with Gasteiger partial charge >= 0.3 is 0 Å². The summed E-state index contributed by atoms with van der Waals surface area (Å²) >= 11 is 1.59. The first-order valence-corrected chi connectivity index (χ1v) is 12.0. The van der Waals surface area contributed by atoms with E-state index in [1.807, 2.05) is 30.5 Å². The van der Waals surface area contributed by atoms with Crippen LogP contribution in [-0.4, -0.2) is 58.3 Å². The molecule has 0 aromatic heterocycles. The molecule has 7 nitrogen and oxygen atoms in total.